The number of aliphatic carboxylic acids is 1. The first kappa shape index (κ1) is 22.1. The van der Waals surface area contributed by atoms with Crippen molar-refractivity contribution in [2.45, 2.75) is 50.6 Å². The van der Waals surface area contributed by atoms with Crippen molar-refractivity contribution in [2.75, 3.05) is 5.32 Å². The molecule has 8 heteroatoms. The molecule has 2 aliphatic rings. The summed E-state index contributed by atoms with van der Waals surface area (Å²) >= 11 is 12.2. The van der Waals surface area contributed by atoms with E-state index < -0.39 is 35.2 Å². The summed E-state index contributed by atoms with van der Waals surface area (Å²) in [5, 5.41) is 16.4. The van der Waals surface area contributed by atoms with Crippen LogP contribution in [0.25, 0.3) is 0 Å². The lowest BCUT2D eigenvalue weighted by Gasteiger charge is -2.37. The van der Waals surface area contributed by atoms with Gasteiger partial charge in [-0.25, -0.2) is 4.39 Å². The number of hydrogen-bond donors (Lipinski definition) is 3. The maximum Gasteiger partial charge on any atom is 0.321 e. The monoisotopic (exact) mass is 464 g/mol. The molecule has 1 fully saturated rings. The van der Waals surface area contributed by atoms with Crippen LogP contribution in [-0.4, -0.2) is 29.1 Å². The average molecular weight is 465 g/mol. The molecule has 0 bridgehead atoms. The molecule has 1 amide bonds. The van der Waals surface area contributed by atoms with Gasteiger partial charge in [0.2, 0.25) is 5.91 Å². The van der Waals surface area contributed by atoms with E-state index in [2.05, 4.69) is 10.6 Å². The summed E-state index contributed by atoms with van der Waals surface area (Å²) in [7, 11) is 0. The van der Waals surface area contributed by atoms with Crippen LogP contribution < -0.4 is 10.6 Å². The third-order valence-corrected chi connectivity index (χ3v) is 6.73. The van der Waals surface area contributed by atoms with E-state index in [9.17, 15) is 14.7 Å². The number of nitrogens with one attached hydrogen (secondary N) is 2. The SMILES string of the molecule is CC(C)(C)CC1N[C@@H](C(=O)O)C(c2cccc(Cl)c2F)[C@]12C(=O)Nc1cc(Cl)ccc12. The minimum absolute atomic E-state index is 0.0989. The predicted octanol–water partition coefficient (Wildman–Crippen LogP) is 4.97. The molecule has 4 atom stereocenters. The summed E-state index contributed by atoms with van der Waals surface area (Å²) in [5.74, 6) is -3.26. The van der Waals surface area contributed by atoms with Gasteiger partial charge in [0.05, 0.1) is 5.02 Å². The third-order valence-electron chi connectivity index (χ3n) is 6.20. The van der Waals surface area contributed by atoms with E-state index in [0.29, 0.717) is 22.7 Å². The highest BCUT2D eigenvalue weighted by molar-refractivity contribution is 6.31. The van der Waals surface area contributed by atoms with Crippen molar-refractivity contribution in [3.8, 4) is 0 Å². The zero-order chi connectivity index (χ0) is 22.7. The van der Waals surface area contributed by atoms with Crippen LogP contribution in [0.4, 0.5) is 10.1 Å². The number of hydrogen-bond acceptors (Lipinski definition) is 3. The zero-order valence-electron chi connectivity index (χ0n) is 17.3. The van der Waals surface area contributed by atoms with Gasteiger partial charge in [0, 0.05) is 22.7 Å². The number of carboxylic acid groups (broad SMARTS) is 1. The lowest BCUT2D eigenvalue weighted by Crippen LogP contribution is -2.49. The van der Waals surface area contributed by atoms with Crippen molar-refractivity contribution in [2.24, 2.45) is 5.41 Å². The number of carbonyl (C=O) groups excluding carboxylic acids is 1. The molecule has 0 aromatic heterocycles. The van der Waals surface area contributed by atoms with E-state index in [1.165, 1.54) is 12.1 Å². The topological polar surface area (TPSA) is 78.4 Å². The summed E-state index contributed by atoms with van der Waals surface area (Å²) in [6, 6.07) is 7.76. The highest BCUT2D eigenvalue weighted by atomic mass is 35.5. The average Bonchev–Trinajstić information content (AvgIpc) is 3.12. The fourth-order valence-electron chi connectivity index (χ4n) is 5.14. The molecule has 2 unspecified atom stereocenters. The van der Waals surface area contributed by atoms with Gasteiger partial charge in [-0.3, -0.25) is 14.9 Å². The molecule has 1 spiro atoms. The van der Waals surface area contributed by atoms with Gasteiger partial charge in [-0.15, -0.1) is 0 Å². The smallest absolute Gasteiger partial charge is 0.321 e. The zero-order valence-corrected chi connectivity index (χ0v) is 18.8. The number of carbonyl (C=O) groups is 2. The second-order valence-corrected chi connectivity index (χ2v) is 10.3. The normalized spacial score (nSPS) is 27.4. The standard InChI is InChI=1S/C23H23Cl2FN2O3/c1-22(2,3)10-16-23(13-8-7-11(24)9-15(13)27-21(23)31)17(19(28-16)20(29)30)12-5-4-6-14(25)18(12)26/h4-9,16-17,19,28H,10H2,1-3H3,(H,27,31)(H,29,30)/t16?,17?,19-,23-/m1/s1. The van der Waals surface area contributed by atoms with Gasteiger partial charge in [0.1, 0.15) is 17.3 Å². The first-order valence-corrected chi connectivity index (χ1v) is 10.8. The summed E-state index contributed by atoms with van der Waals surface area (Å²) in [4.78, 5) is 26.0. The summed E-state index contributed by atoms with van der Waals surface area (Å²) < 4.78 is 15.3. The van der Waals surface area contributed by atoms with Gasteiger partial charge < -0.3 is 10.4 Å². The Bertz CT molecular complexity index is 1080. The molecule has 0 aliphatic carbocycles. The van der Waals surface area contributed by atoms with E-state index in [4.69, 9.17) is 23.2 Å². The van der Waals surface area contributed by atoms with Crippen molar-refractivity contribution in [3.63, 3.8) is 0 Å². The van der Waals surface area contributed by atoms with Gasteiger partial charge >= 0.3 is 5.97 Å². The number of halogens is 3. The number of amides is 1. The van der Waals surface area contributed by atoms with Crippen LogP contribution in [-0.2, 0) is 15.0 Å². The summed E-state index contributed by atoms with van der Waals surface area (Å²) in [6.45, 7) is 6.04. The Balaban J connectivity index is 2.04. The molecule has 2 aromatic carbocycles. The van der Waals surface area contributed by atoms with Crippen molar-refractivity contribution in [3.05, 3.63) is 63.4 Å². The Hall–Kier alpha value is -2.15. The predicted molar refractivity (Wildman–Crippen MR) is 118 cm³/mol. The van der Waals surface area contributed by atoms with Crippen LogP contribution in [0, 0.1) is 11.2 Å². The Morgan fingerprint density at radius 2 is 1.94 bits per heavy atom. The van der Waals surface area contributed by atoms with Crippen LogP contribution in [0.1, 0.15) is 44.2 Å². The molecule has 164 valence electrons. The fourth-order valence-corrected chi connectivity index (χ4v) is 5.49. The molecule has 4 rings (SSSR count). The van der Waals surface area contributed by atoms with Crippen LogP contribution in [0.3, 0.4) is 0 Å². The van der Waals surface area contributed by atoms with E-state index in [1.54, 1.807) is 24.3 Å². The first-order chi connectivity index (χ1) is 14.5. The van der Waals surface area contributed by atoms with Gasteiger partial charge in [0.25, 0.3) is 0 Å². The van der Waals surface area contributed by atoms with E-state index in [-0.39, 0.29) is 21.9 Å². The van der Waals surface area contributed by atoms with Gasteiger partial charge in [-0.2, -0.15) is 0 Å². The van der Waals surface area contributed by atoms with Crippen LogP contribution in [0.5, 0.6) is 0 Å². The molecule has 2 heterocycles. The maximum absolute atomic E-state index is 15.3. The molecule has 3 N–H and O–H groups in total. The lowest BCUT2D eigenvalue weighted by atomic mass is 9.62. The number of anilines is 1. The first-order valence-electron chi connectivity index (χ1n) is 10.0. The molecule has 31 heavy (non-hydrogen) atoms. The van der Waals surface area contributed by atoms with Gasteiger partial charge in [0.15, 0.2) is 0 Å². The van der Waals surface area contributed by atoms with E-state index in [0.717, 1.165) is 0 Å². The Labute approximate surface area is 189 Å². The van der Waals surface area contributed by atoms with Crippen molar-refractivity contribution >= 4 is 40.8 Å². The quantitative estimate of drug-likeness (QED) is 0.599. The van der Waals surface area contributed by atoms with Crippen LogP contribution >= 0.6 is 23.2 Å². The molecule has 2 aromatic rings. The Morgan fingerprint density at radius 1 is 1.23 bits per heavy atom. The molecular formula is C23H23Cl2FN2O3. The number of rotatable bonds is 3. The fraction of sp³-hybridized carbons (Fsp3) is 0.391. The maximum atomic E-state index is 15.3. The molecular weight excluding hydrogens is 442 g/mol. The molecule has 2 aliphatic heterocycles. The van der Waals surface area contributed by atoms with Crippen molar-refractivity contribution in [1.82, 2.24) is 5.32 Å². The molecule has 0 radical (unpaired) electrons. The van der Waals surface area contributed by atoms with Crippen molar-refractivity contribution in [1.29, 1.82) is 0 Å². The lowest BCUT2D eigenvalue weighted by molar-refractivity contribution is -0.139. The summed E-state index contributed by atoms with van der Waals surface area (Å²) in [5.41, 5.74) is -0.359. The second kappa shape index (κ2) is 7.47. The van der Waals surface area contributed by atoms with Crippen LogP contribution in [0.2, 0.25) is 10.0 Å². The molecule has 5 nitrogen and oxygen atoms in total. The summed E-state index contributed by atoms with van der Waals surface area (Å²) in [6.07, 6.45) is 0.491. The Morgan fingerprint density at radius 3 is 2.58 bits per heavy atom. The van der Waals surface area contributed by atoms with Crippen molar-refractivity contribution < 1.29 is 19.1 Å². The number of carboxylic acids is 1. The highest BCUT2D eigenvalue weighted by Gasteiger charge is 2.66. The van der Waals surface area contributed by atoms with Crippen LogP contribution in [0.15, 0.2) is 36.4 Å². The Kier molecular flexibility index (Phi) is 5.31. The second-order valence-electron chi connectivity index (χ2n) is 9.43. The third kappa shape index (κ3) is 3.41. The van der Waals surface area contributed by atoms with E-state index in [1.807, 2.05) is 20.8 Å². The van der Waals surface area contributed by atoms with Gasteiger partial charge in [-0.05, 0) is 41.2 Å². The van der Waals surface area contributed by atoms with Gasteiger partial charge in [-0.1, -0.05) is 62.2 Å². The largest absolute Gasteiger partial charge is 0.480 e. The minimum Gasteiger partial charge on any atom is -0.480 e. The van der Waals surface area contributed by atoms with E-state index >= 15 is 4.39 Å². The number of benzene rings is 2. The number of fused-ring (bicyclic) bond motifs is 2. The minimum atomic E-state index is -1.35. The molecule has 0 saturated carbocycles. The highest BCUT2D eigenvalue weighted by Crippen LogP contribution is 2.57. The molecule has 1 saturated heterocycles.